The van der Waals surface area contributed by atoms with Crippen LogP contribution in [0.1, 0.15) is 22.1 Å². The van der Waals surface area contributed by atoms with Crippen molar-refractivity contribution in [2.24, 2.45) is 0 Å². The summed E-state index contributed by atoms with van der Waals surface area (Å²) < 4.78 is 7.29. The van der Waals surface area contributed by atoms with Gasteiger partial charge in [0.1, 0.15) is 5.75 Å². The van der Waals surface area contributed by atoms with E-state index in [0.29, 0.717) is 0 Å². The van der Waals surface area contributed by atoms with Crippen LogP contribution >= 0.6 is 43.5 Å². The molecule has 0 aliphatic carbocycles. The summed E-state index contributed by atoms with van der Waals surface area (Å²) in [5.41, 5.74) is 3.18. The molecule has 0 radical (unpaired) electrons. The molecule has 0 saturated heterocycles. The van der Waals surface area contributed by atoms with Crippen molar-refractivity contribution in [3.63, 3.8) is 0 Å². The topological polar surface area (TPSA) is 9.23 Å². The van der Waals surface area contributed by atoms with Gasteiger partial charge in [-0.3, -0.25) is 0 Å². The van der Waals surface area contributed by atoms with Crippen LogP contribution in [-0.2, 0) is 0 Å². The van der Waals surface area contributed by atoms with Crippen LogP contribution in [0.25, 0.3) is 0 Å². The number of hydrogen-bond acceptors (Lipinski definition) is 1. The Bertz CT molecular complexity index is 599. The van der Waals surface area contributed by atoms with Gasteiger partial charge in [0.25, 0.3) is 0 Å². The summed E-state index contributed by atoms with van der Waals surface area (Å²) in [5, 5.41) is -0.198. The molecule has 1 nitrogen and oxygen atoms in total. The molecular formula is C15H13Br2ClO. The van der Waals surface area contributed by atoms with Crippen molar-refractivity contribution in [3.05, 3.63) is 62.0 Å². The normalized spacial score (nSPS) is 12.3. The van der Waals surface area contributed by atoms with E-state index in [4.69, 9.17) is 16.3 Å². The second-order valence-electron chi connectivity index (χ2n) is 4.26. The van der Waals surface area contributed by atoms with Gasteiger partial charge in [-0.2, -0.15) is 0 Å². The smallest absolute Gasteiger partial charge is 0.121 e. The minimum atomic E-state index is -0.198. The zero-order valence-corrected chi connectivity index (χ0v) is 14.5. The van der Waals surface area contributed by atoms with Crippen molar-refractivity contribution in [1.82, 2.24) is 0 Å². The van der Waals surface area contributed by atoms with Gasteiger partial charge in [0.05, 0.1) is 12.5 Å². The molecule has 100 valence electrons. The summed E-state index contributed by atoms with van der Waals surface area (Å²) in [5.74, 6) is 0.876. The van der Waals surface area contributed by atoms with Crippen molar-refractivity contribution < 1.29 is 4.74 Å². The molecule has 0 heterocycles. The maximum atomic E-state index is 6.58. The summed E-state index contributed by atoms with van der Waals surface area (Å²) in [6, 6.07) is 12.0. The summed E-state index contributed by atoms with van der Waals surface area (Å²) >= 11 is 13.6. The monoisotopic (exact) mass is 402 g/mol. The fourth-order valence-corrected chi connectivity index (χ4v) is 3.25. The van der Waals surface area contributed by atoms with Gasteiger partial charge in [-0.1, -0.05) is 44.0 Å². The lowest BCUT2D eigenvalue weighted by Crippen LogP contribution is -1.96. The summed E-state index contributed by atoms with van der Waals surface area (Å²) in [4.78, 5) is 0. The zero-order valence-electron chi connectivity index (χ0n) is 10.6. The molecule has 0 aliphatic heterocycles. The third kappa shape index (κ3) is 3.33. The van der Waals surface area contributed by atoms with E-state index in [2.05, 4.69) is 37.9 Å². The Morgan fingerprint density at radius 1 is 1.11 bits per heavy atom. The van der Waals surface area contributed by atoms with E-state index in [1.54, 1.807) is 7.11 Å². The number of halogens is 3. The minimum absolute atomic E-state index is 0.198. The Balaban J connectivity index is 2.41. The SMILES string of the molecule is COc1ccc(C(Cl)c2cc(Br)ccc2Br)cc1C. The minimum Gasteiger partial charge on any atom is -0.496 e. The molecular weight excluding hydrogens is 391 g/mol. The van der Waals surface area contributed by atoms with Gasteiger partial charge in [-0.15, -0.1) is 11.6 Å². The molecule has 0 aromatic heterocycles. The molecule has 0 saturated carbocycles. The van der Waals surface area contributed by atoms with Crippen molar-refractivity contribution >= 4 is 43.5 Å². The van der Waals surface area contributed by atoms with Crippen molar-refractivity contribution in [1.29, 1.82) is 0 Å². The van der Waals surface area contributed by atoms with Gasteiger partial charge in [-0.05, 0) is 47.9 Å². The molecule has 1 unspecified atom stereocenters. The van der Waals surface area contributed by atoms with E-state index in [-0.39, 0.29) is 5.38 Å². The Morgan fingerprint density at radius 3 is 2.47 bits per heavy atom. The molecule has 2 rings (SSSR count). The first-order chi connectivity index (χ1) is 9.02. The molecule has 0 spiro atoms. The van der Waals surface area contributed by atoms with E-state index < -0.39 is 0 Å². The van der Waals surface area contributed by atoms with Gasteiger partial charge in [0.15, 0.2) is 0 Å². The lowest BCUT2D eigenvalue weighted by molar-refractivity contribution is 0.411. The standard InChI is InChI=1S/C15H13Br2ClO/c1-9-7-10(3-6-14(9)19-2)15(18)12-8-11(16)4-5-13(12)17/h3-8,15H,1-2H3. The quantitative estimate of drug-likeness (QED) is 0.583. The van der Waals surface area contributed by atoms with Crippen LogP contribution in [0.3, 0.4) is 0 Å². The van der Waals surface area contributed by atoms with Crippen LogP contribution < -0.4 is 4.74 Å². The second kappa shape index (κ2) is 6.29. The average molecular weight is 405 g/mol. The van der Waals surface area contributed by atoms with Crippen molar-refractivity contribution in [2.45, 2.75) is 12.3 Å². The molecule has 0 amide bonds. The molecule has 0 fully saturated rings. The molecule has 19 heavy (non-hydrogen) atoms. The van der Waals surface area contributed by atoms with Crippen LogP contribution in [0.4, 0.5) is 0 Å². The highest BCUT2D eigenvalue weighted by atomic mass is 79.9. The van der Waals surface area contributed by atoms with Gasteiger partial charge >= 0.3 is 0 Å². The van der Waals surface area contributed by atoms with Crippen LogP contribution in [0.15, 0.2) is 45.3 Å². The fraction of sp³-hybridized carbons (Fsp3) is 0.200. The lowest BCUT2D eigenvalue weighted by Gasteiger charge is -2.15. The Kier molecular flexibility index (Phi) is 4.93. The van der Waals surface area contributed by atoms with E-state index in [0.717, 1.165) is 31.4 Å². The van der Waals surface area contributed by atoms with Crippen molar-refractivity contribution in [3.8, 4) is 5.75 Å². The highest BCUT2D eigenvalue weighted by molar-refractivity contribution is 9.11. The highest BCUT2D eigenvalue weighted by Crippen LogP contribution is 2.36. The third-order valence-electron chi connectivity index (χ3n) is 2.94. The van der Waals surface area contributed by atoms with E-state index in [1.165, 1.54) is 0 Å². The third-order valence-corrected chi connectivity index (χ3v) is 4.65. The van der Waals surface area contributed by atoms with Gasteiger partial charge < -0.3 is 4.74 Å². The van der Waals surface area contributed by atoms with Gasteiger partial charge in [0, 0.05) is 8.95 Å². The highest BCUT2D eigenvalue weighted by Gasteiger charge is 2.15. The number of methoxy groups -OCH3 is 1. The van der Waals surface area contributed by atoms with Crippen LogP contribution in [0.5, 0.6) is 5.75 Å². The average Bonchev–Trinajstić information content (AvgIpc) is 2.40. The summed E-state index contributed by atoms with van der Waals surface area (Å²) in [6.45, 7) is 2.02. The van der Waals surface area contributed by atoms with Gasteiger partial charge in [-0.25, -0.2) is 0 Å². The molecule has 2 aromatic carbocycles. The second-order valence-corrected chi connectivity index (χ2v) is 6.46. The molecule has 2 aromatic rings. The number of hydrogen-bond donors (Lipinski definition) is 0. The van der Waals surface area contributed by atoms with Crippen LogP contribution in [0, 0.1) is 6.92 Å². The molecule has 1 atom stereocenters. The Labute approximate surface area is 135 Å². The number of aryl methyl sites for hydroxylation is 1. The molecule has 0 aliphatic rings. The first kappa shape index (κ1) is 14.9. The zero-order chi connectivity index (χ0) is 14.0. The summed E-state index contributed by atoms with van der Waals surface area (Å²) in [7, 11) is 1.67. The number of benzene rings is 2. The molecule has 0 N–H and O–H groups in total. The Hall–Kier alpha value is -0.510. The van der Waals surface area contributed by atoms with E-state index in [9.17, 15) is 0 Å². The van der Waals surface area contributed by atoms with E-state index >= 15 is 0 Å². The molecule has 4 heteroatoms. The molecule has 0 bridgehead atoms. The van der Waals surface area contributed by atoms with E-state index in [1.807, 2.05) is 37.3 Å². The maximum Gasteiger partial charge on any atom is 0.121 e. The predicted octanol–water partition coefficient (Wildman–Crippen LogP) is 5.86. The maximum absolute atomic E-state index is 6.58. The van der Waals surface area contributed by atoms with Gasteiger partial charge in [0.2, 0.25) is 0 Å². The number of alkyl halides is 1. The lowest BCUT2D eigenvalue weighted by atomic mass is 10.0. The summed E-state index contributed by atoms with van der Waals surface area (Å²) in [6.07, 6.45) is 0. The Morgan fingerprint density at radius 2 is 1.84 bits per heavy atom. The first-order valence-corrected chi connectivity index (χ1v) is 7.78. The van der Waals surface area contributed by atoms with Crippen LogP contribution in [0.2, 0.25) is 0 Å². The number of rotatable bonds is 3. The first-order valence-electron chi connectivity index (χ1n) is 5.76. The largest absolute Gasteiger partial charge is 0.496 e. The number of ether oxygens (including phenoxy) is 1. The van der Waals surface area contributed by atoms with Crippen molar-refractivity contribution in [2.75, 3.05) is 7.11 Å². The fourth-order valence-electron chi connectivity index (χ4n) is 1.95. The van der Waals surface area contributed by atoms with Crippen LogP contribution in [-0.4, -0.2) is 7.11 Å². The predicted molar refractivity (Wildman–Crippen MR) is 87.3 cm³/mol.